The fraction of sp³-hybridized carbons (Fsp3) is 0.160. The van der Waals surface area contributed by atoms with Crippen LogP contribution in [0, 0.1) is 12.7 Å². The van der Waals surface area contributed by atoms with Gasteiger partial charge in [0.05, 0.1) is 0 Å². The Bertz CT molecular complexity index is 1160. The molecule has 0 saturated carbocycles. The molecule has 3 aromatic carbocycles. The van der Waals surface area contributed by atoms with Crippen molar-refractivity contribution < 1.29 is 9.50 Å². The van der Waals surface area contributed by atoms with E-state index in [-0.39, 0.29) is 17.5 Å². The third-order valence-electron chi connectivity index (χ3n) is 5.31. The van der Waals surface area contributed by atoms with Crippen LogP contribution in [-0.4, -0.2) is 10.1 Å². The lowest BCUT2D eigenvalue weighted by Gasteiger charge is -2.21. The molecule has 0 fully saturated rings. The van der Waals surface area contributed by atoms with E-state index in [1.54, 1.807) is 18.2 Å². The first-order valence-corrected chi connectivity index (χ1v) is 9.98. The SMILES string of the molecule is Cc1ccc(CCC(c2ccccc2F)c2cc(Cl)c3ccccc3c2O)nc1. The average Bonchev–Trinajstić information content (AvgIpc) is 2.74. The van der Waals surface area contributed by atoms with E-state index >= 15 is 0 Å². The third kappa shape index (κ3) is 3.96. The minimum atomic E-state index is -0.346. The number of aromatic hydroxyl groups is 1. The minimum absolute atomic E-state index is 0.148. The summed E-state index contributed by atoms with van der Waals surface area (Å²) in [5.74, 6) is -0.491. The number of phenols is 1. The number of hydrogen-bond donors (Lipinski definition) is 1. The summed E-state index contributed by atoms with van der Waals surface area (Å²) < 4.78 is 14.7. The van der Waals surface area contributed by atoms with Crippen molar-refractivity contribution in [2.45, 2.75) is 25.7 Å². The summed E-state index contributed by atoms with van der Waals surface area (Å²) in [5.41, 5.74) is 3.20. The summed E-state index contributed by atoms with van der Waals surface area (Å²) in [6, 6.07) is 19.9. The molecule has 0 radical (unpaired) electrons. The monoisotopic (exact) mass is 405 g/mol. The van der Waals surface area contributed by atoms with Gasteiger partial charge in [-0.25, -0.2) is 4.39 Å². The smallest absolute Gasteiger partial charge is 0.127 e. The molecular weight excluding hydrogens is 385 g/mol. The van der Waals surface area contributed by atoms with Crippen molar-refractivity contribution >= 4 is 22.4 Å². The van der Waals surface area contributed by atoms with E-state index in [9.17, 15) is 9.50 Å². The molecule has 0 saturated heterocycles. The summed E-state index contributed by atoms with van der Waals surface area (Å²) in [7, 11) is 0. The maximum Gasteiger partial charge on any atom is 0.127 e. The first kappa shape index (κ1) is 19.4. The Labute approximate surface area is 174 Å². The Morgan fingerprint density at radius 3 is 2.41 bits per heavy atom. The summed E-state index contributed by atoms with van der Waals surface area (Å²) in [4.78, 5) is 4.47. The van der Waals surface area contributed by atoms with Crippen LogP contribution in [0.1, 0.15) is 34.7 Å². The largest absolute Gasteiger partial charge is 0.507 e. The lowest BCUT2D eigenvalue weighted by Crippen LogP contribution is -2.07. The fourth-order valence-electron chi connectivity index (χ4n) is 3.78. The van der Waals surface area contributed by atoms with E-state index in [0.29, 0.717) is 34.4 Å². The first-order chi connectivity index (χ1) is 14.0. The summed E-state index contributed by atoms with van der Waals surface area (Å²) >= 11 is 6.52. The second kappa shape index (κ2) is 8.22. The minimum Gasteiger partial charge on any atom is -0.507 e. The number of benzene rings is 3. The number of phenolic OH excluding ortho intramolecular Hbond substituents is 1. The molecule has 2 nitrogen and oxygen atoms in total. The van der Waals surface area contributed by atoms with Gasteiger partial charge < -0.3 is 5.11 Å². The van der Waals surface area contributed by atoms with E-state index in [1.165, 1.54) is 6.07 Å². The second-order valence-electron chi connectivity index (χ2n) is 7.28. The van der Waals surface area contributed by atoms with Crippen LogP contribution in [0.2, 0.25) is 5.02 Å². The number of aryl methyl sites for hydroxylation is 2. The van der Waals surface area contributed by atoms with Crippen LogP contribution in [0.3, 0.4) is 0 Å². The molecule has 0 aliphatic rings. The Kier molecular flexibility index (Phi) is 5.50. The fourth-order valence-corrected chi connectivity index (χ4v) is 4.06. The van der Waals surface area contributed by atoms with Gasteiger partial charge in [0.15, 0.2) is 0 Å². The van der Waals surface area contributed by atoms with Gasteiger partial charge in [0.2, 0.25) is 0 Å². The molecule has 29 heavy (non-hydrogen) atoms. The highest BCUT2D eigenvalue weighted by atomic mass is 35.5. The molecule has 0 aliphatic heterocycles. The number of nitrogens with zero attached hydrogens (tertiary/aromatic N) is 1. The highest BCUT2D eigenvalue weighted by molar-refractivity contribution is 6.36. The molecule has 4 rings (SSSR count). The van der Waals surface area contributed by atoms with Gasteiger partial charge in [0.1, 0.15) is 11.6 Å². The van der Waals surface area contributed by atoms with Gasteiger partial charge in [-0.15, -0.1) is 0 Å². The van der Waals surface area contributed by atoms with E-state index in [2.05, 4.69) is 4.98 Å². The summed E-state index contributed by atoms with van der Waals surface area (Å²) in [5, 5.41) is 13.0. The Hall–Kier alpha value is -2.91. The molecule has 1 atom stereocenters. The van der Waals surface area contributed by atoms with Gasteiger partial charge in [-0.3, -0.25) is 4.98 Å². The van der Waals surface area contributed by atoms with Crippen LogP contribution in [0.25, 0.3) is 10.8 Å². The highest BCUT2D eigenvalue weighted by Gasteiger charge is 2.23. The van der Waals surface area contributed by atoms with Crippen molar-refractivity contribution in [2.75, 3.05) is 0 Å². The van der Waals surface area contributed by atoms with E-state index < -0.39 is 0 Å². The second-order valence-corrected chi connectivity index (χ2v) is 7.69. The van der Waals surface area contributed by atoms with Crippen LogP contribution >= 0.6 is 11.6 Å². The van der Waals surface area contributed by atoms with Crippen molar-refractivity contribution in [1.82, 2.24) is 4.98 Å². The van der Waals surface area contributed by atoms with Crippen LogP contribution in [0.15, 0.2) is 72.9 Å². The topological polar surface area (TPSA) is 33.1 Å². The van der Waals surface area contributed by atoms with Crippen LogP contribution in [0.5, 0.6) is 5.75 Å². The van der Waals surface area contributed by atoms with Crippen molar-refractivity contribution in [3.63, 3.8) is 0 Å². The van der Waals surface area contributed by atoms with Gasteiger partial charge in [0.25, 0.3) is 0 Å². The molecule has 1 unspecified atom stereocenters. The van der Waals surface area contributed by atoms with Crippen LogP contribution < -0.4 is 0 Å². The molecule has 1 N–H and O–H groups in total. The zero-order valence-electron chi connectivity index (χ0n) is 16.1. The van der Waals surface area contributed by atoms with Crippen molar-refractivity contribution in [3.05, 3.63) is 106 Å². The van der Waals surface area contributed by atoms with Gasteiger partial charge in [-0.05, 0) is 49.1 Å². The Balaban J connectivity index is 1.80. The lowest BCUT2D eigenvalue weighted by atomic mass is 9.85. The summed E-state index contributed by atoms with van der Waals surface area (Å²) in [6.45, 7) is 1.99. The van der Waals surface area contributed by atoms with Gasteiger partial charge in [-0.2, -0.15) is 0 Å². The zero-order valence-corrected chi connectivity index (χ0v) is 16.8. The number of hydrogen-bond acceptors (Lipinski definition) is 2. The molecule has 0 aliphatic carbocycles. The van der Waals surface area contributed by atoms with Gasteiger partial charge >= 0.3 is 0 Å². The van der Waals surface area contributed by atoms with Gasteiger partial charge in [-0.1, -0.05) is 60.1 Å². The maximum absolute atomic E-state index is 14.7. The Morgan fingerprint density at radius 1 is 0.966 bits per heavy atom. The molecule has 146 valence electrons. The molecule has 1 heterocycles. The van der Waals surface area contributed by atoms with Crippen LogP contribution in [0.4, 0.5) is 4.39 Å². The summed E-state index contributed by atoms with van der Waals surface area (Å²) in [6.07, 6.45) is 3.08. The quantitative estimate of drug-likeness (QED) is 0.395. The maximum atomic E-state index is 14.7. The lowest BCUT2D eigenvalue weighted by molar-refractivity contribution is 0.467. The van der Waals surface area contributed by atoms with Crippen LogP contribution in [-0.2, 0) is 6.42 Å². The molecule has 0 spiro atoms. The standard InChI is InChI=1S/C25H21ClFNO/c1-16-10-11-17(28-15-16)12-13-18(20-7-4-5-9-24(20)27)22-14-23(26)19-6-2-3-8-21(19)25(22)29/h2-11,14-15,18,29H,12-13H2,1H3. The van der Waals surface area contributed by atoms with Crippen molar-refractivity contribution in [1.29, 1.82) is 0 Å². The Morgan fingerprint density at radius 2 is 1.69 bits per heavy atom. The predicted molar refractivity (Wildman–Crippen MR) is 116 cm³/mol. The van der Waals surface area contributed by atoms with E-state index in [4.69, 9.17) is 11.6 Å². The number of fused-ring (bicyclic) bond motifs is 1. The zero-order chi connectivity index (χ0) is 20.4. The molecule has 4 heteroatoms. The van der Waals surface area contributed by atoms with E-state index in [0.717, 1.165) is 16.6 Å². The van der Waals surface area contributed by atoms with Gasteiger partial charge in [0, 0.05) is 39.2 Å². The number of aromatic nitrogens is 1. The van der Waals surface area contributed by atoms with Crippen molar-refractivity contribution in [2.24, 2.45) is 0 Å². The molecule has 1 aromatic heterocycles. The number of rotatable bonds is 5. The first-order valence-electron chi connectivity index (χ1n) is 9.60. The molecule has 0 bridgehead atoms. The normalized spacial score (nSPS) is 12.2. The van der Waals surface area contributed by atoms with E-state index in [1.807, 2.05) is 55.6 Å². The number of pyridine rings is 1. The highest BCUT2D eigenvalue weighted by Crippen LogP contribution is 2.42. The third-order valence-corrected chi connectivity index (χ3v) is 5.63. The molecule has 4 aromatic rings. The van der Waals surface area contributed by atoms with Crippen molar-refractivity contribution in [3.8, 4) is 5.75 Å². The number of halogens is 2. The predicted octanol–water partition coefficient (Wildman–Crippen LogP) is 6.81. The molecular formula is C25H21ClFNO. The average molecular weight is 406 g/mol. The molecule has 0 amide bonds.